The Labute approximate surface area is 119 Å². The number of ether oxygens (including phenoxy) is 2. The lowest BCUT2D eigenvalue weighted by Crippen LogP contribution is -2.45. The number of nitrogens with one attached hydrogen (secondary N) is 2. The number of halogens is 2. The molecule has 0 radical (unpaired) electrons. The van der Waals surface area contributed by atoms with Crippen molar-refractivity contribution in [3.8, 4) is 0 Å². The quantitative estimate of drug-likeness (QED) is 0.719. The molecule has 20 heavy (non-hydrogen) atoms. The molecule has 120 valence electrons. The van der Waals surface area contributed by atoms with Crippen LogP contribution in [-0.2, 0) is 9.47 Å². The molecule has 2 N–H and O–H groups in total. The van der Waals surface area contributed by atoms with E-state index in [9.17, 15) is 13.6 Å². The number of hydrogen-bond acceptors (Lipinski definition) is 4. The minimum atomic E-state index is -3.02. The normalized spacial score (nSPS) is 13.9. The molecule has 5 nitrogen and oxygen atoms in total. The highest BCUT2D eigenvalue weighted by Gasteiger charge is 2.30. The Morgan fingerprint density at radius 3 is 2.35 bits per heavy atom. The van der Waals surface area contributed by atoms with Crippen LogP contribution in [0.4, 0.5) is 13.6 Å². The maximum Gasteiger partial charge on any atom is 0.407 e. The minimum Gasteiger partial charge on any atom is -0.444 e. The number of rotatable bonds is 8. The van der Waals surface area contributed by atoms with Crippen molar-refractivity contribution >= 4 is 6.09 Å². The molecule has 1 atom stereocenters. The average molecular weight is 296 g/mol. The van der Waals surface area contributed by atoms with Gasteiger partial charge in [-0.15, -0.1) is 0 Å². The SMILES string of the molecule is COCC(C)CNCC(F)(F)CNC(=O)OC(C)(C)C. The average Bonchev–Trinajstić information content (AvgIpc) is 2.24. The first-order valence-electron chi connectivity index (χ1n) is 6.60. The first-order chi connectivity index (χ1) is 9.06. The number of amides is 1. The van der Waals surface area contributed by atoms with Crippen LogP contribution in [0.1, 0.15) is 27.7 Å². The topological polar surface area (TPSA) is 59.6 Å². The summed E-state index contributed by atoms with van der Waals surface area (Å²) in [5.74, 6) is -2.88. The fourth-order valence-electron chi connectivity index (χ4n) is 1.42. The highest BCUT2D eigenvalue weighted by molar-refractivity contribution is 5.67. The summed E-state index contributed by atoms with van der Waals surface area (Å²) in [6.07, 6.45) is -0.843. The Bertz CT molecular complexity index is 294. The monoisotopic (exact) mass is 296 g/mol. The second kappa shape index (κ2) is 8.36. The van der Waals surface area contributed by atoms with Crippen molar-refractivity contribution in [1.29, 1.82) is 0 Å². The van der Waals surface area contributed by atoms with E-state index >= 15 is 0 Å². The number of alkyl carbamates (subject to hydrolysis) is 1. The van der Waals surface area contributed by atoms with Crippen molar-refractivity contribution in [2.45, 2.75) is 39.2 Å². The number of carbonyl (C=O) groups is 1. The summed E-state index contributed by atoms with van der Waals surface area (Å²) in [5, 5.41) is 4.73. The number of carbonyl (C=O) groups excluding carboxylic acids is 1. The molecule has 0 aliphatic rings. The molecule has 0 aromatic rings. The molecule has 0 heterocycles. The molecule has 0 aromatic heterocycles. The fraction of sp³-hybridized carbons (Fsp3) is 0.923. The summed E-state index contributed by atoms with van der Waals surface area (Å²) in [7, 11) is 1.57. The van der Waals surface area contributed by atoms with Crippen LogP contribution in [0, 0.1) is 5.92 Å². The molecule has 0 bridgehead atoms. The predicted octanol–water partition coefficient (Wildman–Crippen LogP) is 2.02. The molecule has 0 rings (SSSR count). The highest BCUT2D eigenvalue weighted by Crippen LogP contribution is 2.12. The molecule has 1 unspecified atom stereocenters. The third-order valence-corrected chi connectivity index (χ3v) is 2.22. The first kappa shape index (κ1) is 19.1. The summed E-state index contributed by atoms with van der Waals surface area (Å²) in [6.45, 7) is 6.58. The van der Waals surface area contributed by atoms with Crippen LogP contribution in [-0.4, -0.2) is 51.0 Å². The van der Waals surface area contributed by atoms with Crippen LogP contribution in [0.15, 0.2) is 0 Å². The Morgan fingerprint density at radius 2 is 1.85 bits per heavy atom. The second-order valence-electron chi connectivity index (χ2n) is 5.90. The zero-order chi connectivity index (χ0) is 15.8. The molecule has 0 saturated heterocycles. The third-order valence-electron chi connectivity index (χ3n) is 2.22. The van der Waals surface area contributed by atoms with Crippen molar-refractivity contribution < 1.29 is 23.0 Å². The Kier molecular flexibility index (Phi) is 7.96. The molecular weight excluding hydrogens is 270 g/mol. The minimum absolute atomic E-state index is 0.148. The van der Waals surface area contributed by atoms with Gasteiger partial charge in [0.25, 0.3) is 5.92 Å². The van der Waals surface area contributed by atoms with Gasteiger partial charge in [0, 0.05) is 20.3 Å². The van der Waals surface area contributed by atoms with Gasteiger partial charge in [0.1, 0.15) is 5.60 Å². The molecule has 0 fully saturated rings. The fourth-order valence-corrected chi connectivity index (χ4v) is 1.42. The molecule has 7 heteroatoms. The number of alkyl halides is 2. The largest absolute Gasteiger partial charge is 0.444 e. The summed E-state index contributed by atoms with van der Waals surface area (Å²) >= 11 is 0. The van der Waals surface area contributed by atoms with Gasteiger partial charge in [-0.05, 0) is 26.7 Å². The predicted molar refractivity (Wildman–Crippen MR) is 73.1 cm³/mol. The van der Waals surface area contributed by atoms with Gasteiger partial charge in [-0.2, -0.15) is 0 Å². The Hall–Kier alpha value is -0.950. The van der Waals surface area contributed by atoms with Crippen LogP contribution >= 0.6 is 0 Å². The lowest BCUT2D eigenvalue weighted by Gasteiger charge is -2.22. The van der Waals surface area contributed by atoms with E-state index < -0.39 is 30.7 Å². The van der Waals surface area contributed by atoms with Crippen LogP contribution in [0.5, 0.6) is 0 Å². The smallest absolute Gasteiger partial charge is 0.407 e. The van der Waals surface area contributed by atoms with E-state index in [-0.39, 0.29) is 5.92 Å². The van der Waals surface area contributed by atoms with E-state index in [1.807, 2.05) is 6.92 Å². The molecule has 1 amide bonds. The van der Waals surface area contributed by atoms with E-state index in [0.29, 0.717) is 13.2 Å². The molecule has 0 spiro atoms. The zero-order valence-corrected chi connectivity index (χ0v) is 12.9. The van der Waals surface area contributed by atoms with Crippen LogP contribution in [0.2, 0.25) is 0 Å². The molecule has 0 aliphatic heterocycles. The summed E-state index contributed by atoms with van der Waals surface area (Å²) in [4.78, 5) is 11.3. The van der Waals surface area contributed by atoms with Crippen LogP contribution in [0.25, 0.3) is 0 Å². The first-order valence-corrected chi connectivity index (χ1v) is 6.60. The van der Waals surface area contributed by atoms with E-state index in [2.05, 4.69) is 10.6 Å². The van der Waals surface area contributed by atoms with E-state index in [1.54, 1.807) is 27.9 Å². The second-order valence-corrected chi connectivity index (χ2v) is 5.90. The Balaban J connectivity index is 3.92. The van der Waals surface area contributed by atoms with Gasteiger partial charge in [0.15, 0.2) is 0 Å². The summed E-state index contributed by atoms with van der Waals surface area (Å²) < 4.78 is 36.8. The molecule has 0 aromatic carbocycles. The van der Waals surface area contributed by atoms with Gasteiger partial charge in [-0.3, -0.25) is 0 Å². The van der Waals surface area contributed by atoms with Crippen molar-refractivity contribution in [1.82, 2.24) is 10.6 Å². The maximum absolute atomic E-state index is 13.5. The lowest BCUT2D eigenvalue weighted by atomic mass is 10.2. The van der Waals surface area contributed by atoms with Crippen molar-refractivity contribution in [2.75, 3.05) is 33.4 Å². The Morgan fingerprint density at radius 1 is 1.25 bits per heavy atom. The standard InChI is InChI=1S/C13H26F2N2O3/c1-10(7-19-5)6-16-8-13(14,15)9-17-11(18)20-12(2,3)4/h10,16H,6-9H2,1-5H3,(H,17,18). The van der Waals surface area contributed by atoms with Gasteiger partial charge in [0.05, 0.1) is 13.1 Å². The van der Waals surface area contributed by atoms with Gasteiger partial charge in [-0.1, -0.05) is 6.92 Å². The maximum atomic E-state index is 13.5. The summed E-state index contributed by atoms with van der Waals surface area (Å²) in [6, 6.07) is 0. The van der Waals surface area contributed by atoms with E-state index in [1.165, 1.54) is 0 Å². The zero-order valence-electron chi connectivity index (χ0n) is 12.9. The van der Waals surface area contributed by atoms with Gasteiger partial charge in [-0.25, -0.2) is 13.6 Å². The van der Waals surface area contributed by atoms with Crippen molar-refractivity contribution in [3.05, 3.63) is 0 Å². The van der Waals surface area contributed by atoms with E-state index in [4.69, 9.17) is 9.47 Å². The highest BCUT2D eigenvalue weighted by atomic mass is 19.3. The molecular formula is C13H26F2N2O3. The third kappa shape index (κ3) is 10.9. The van der Waals surface area contributed by atoms with E-state index in [0.717, 1.165) is 0 Å². The van der Waals surface area contributed by atoms with Crippen LogP contribution < -0.4 is 10.6 Å². The number of methoxy groups -OCH3 is 1. The lowest BCUT2D eigenvalue weighted by molar-refractivity contribution is -0.00451. The summed E-state index contributed by atoms with van der Waals surface area (Å²) in [5.41, 5.74) is -0.701. The molecule has 0 saturated carbocycles. The van der Waals surface area contributed by atoms with Gasteiger partial charge in [0.2, 0.25) is 0 Å². The van der Waals surface area contributed by atoms with Gasteiger partial charge >= 0.3 is 6.09 Å². The van der Waals surface area contributed by atoms with Gasteiger partial charge < -0.3 is 20.1 Å². The molecule has 0 aliphatic carbocycles. The van der Waals surface area contributed by atoms with Crippen molar-refractivity contribution in [3.63, 3.8) is 0 Å². The van der Waals surface area contributed by atoms with Crippen LogP contribution in [0.3, 0.4) is 0 Å². The number of hydrogen-bond donors (Lipinski definition) is 2. The van der Waals surface area contributed by atoms with Crippen molar-refractivity contribution in [2.24, 2.45) is 5.92 Å².